The number of halogens is 3. The SMILES string of the molecule is Cl.NCC1CCCC1NC(=O)c1ccn(-c2c(Cl)cc([N+](=O)[O-])cc2Cl)n1. The molecule has 11 heteroatoms. The molecule has 0 saturated heterocycles. The molecule has 1 aromatic heterocycles. The summed E-state index contributed by atoms with van der Waals surface area (Å²) >= 11 is 12.2. The smallest absolute Gasteiger partial charge is 0.272 e. The Balaban J connectivity index is 0.00000261. The van der Waals surface area contributed by atoms with E-state index in [4.69, 9.17) is 28.9 Å². The van der Waals surface area contributed by atoms with Gasteiger partial charge in [-0.1, -0.05) is 29.6 Å². The van der Waals surface area contributed by atoms with E-state index in [2.05, 4.69) is 10.4 Å². The Morgan fingerprint density at radius 3 is 2.63 bits per heavy atom. The molecule has 8 nitrogen and oxygen atoms in total. The molecule has 27 heavy (non-hydrogen) atoms. The third-order valence-corrected chi connectivity index (χ3v) is 5.12. The van der Waals surface area contributed by atoms with Gasteiger partial charge in [0.05, 0.1) is 15.0 Å². The van der Waals surface area contributed by atoms with E-state index in [9.17, 15) is 14.9 Å². The van der Waals surface area contributed by atoms with Crippen molar-refractivity contribution < 1.29 is 9.72 Å². The largest absolute Gasteiger partial charge is 0.348 e. The lowest BCUT2D eigenvalue weighted by Crippen LogP contribution is -2.40. The maximum Gasteiger partial charge on any atom is 0.272 e. The molecule has 1 amide bonds. The Morgan fingerprint density at radius 2 is 2.04 bits per heavy atom. The number of rotatable bonds is 5. The molecular weight excluding hydrogens is 417 g/mol. The average molecular weight is 435 g/mol. The molecule has 1 saturated carbocycles. The first-order chi connectivity index (χ1) is 12.4. The van der Waals surface area contributed by atoms with Gasteiger partial charge in [0.25, 0.3) is 11.6 Å². The van der Waals surface area contributed by atoms with Crippen molar-refractivity contribution in [2.24, 2.45) is 11.7 Å². The zero-order valence-electron chi connectivity index (χ0n) is 14.1. The topological polar surface area (TPSA) is 116 Å². The number of aromatic nitrogens is 2. The van der Waals surface area contributed by atoms with Crippen molar-refractivity contribution in [2.45, 2.75) is 25.3 Å². The van der Waals surface area contributed by atoms with Crippen molar-refractivity contribution in [1.82, 2.24) is 15.1 Å². The van der Waals surface area contributed by atoms with Crippen molar-refractivity contribution in [1.29, 1.82) is 0 Å². The van der Waals surface area contributed by atoms with Gasteiger partial charge in [-0.15, -0.1) is 12.4 Å². The number of nitro benzene ring substituents is 1. The zero-order chi connectivity index (χ0) is 18.8. The zero-order valence-corrected chi connectivity index (χ0v) is 16.4. The molecule has 3 N–H and O–H groups in total. The fourth-order valence-corrected chi connectivity index (χ4v) is 3.85. The van der Waals surface area contributed by atoms with Crippen LogP contribution in [0.25, 0.3) is 5.69 Å². The van der Waals surface area contributed by atoms with Crippen LogP contribution in [0.5, 0.6) is 0 Å². The lowest BCUT2D eigenvalue weighted by molar-refractivity contribution is -0.384. The number of hydrogen-bond donors (Lipinski definition) is 2. The highest BCUT2D eigenvalue weighted by molar-refractivity contribution is 6.38. The number of non-ortho nitro benzene ring substituents is 1. The van der Waals surface area contributed by atoms with Crippen LogP contribution in [0.15, 0.2) is 24.4 Å². The monoisotopic (exact) mass is 433 g/mol. The highest BCUT2D eigenvalue weighted by Crippen LogP contribution is 2.33. The summed E-state index contributed by atoms with van der Waals surface area (Å²) in [5.74, 6) is -0.0251. The van der Waals surface area contributed by atoms with Crippen LogP contribution in [0, 0.1) is 16.0 Å². The highest BCUT2D eigenvalue weighted by Gasteiger charge is 2.28. The van der Waals surface area contributed by atoms with E-state index >= 15 is 0 Å². The second-order valence-electron chi connectivity index (χ2n) is 6.17. The van der Waals surface area contributed by atoms with Crippen molar-refractivity contribution in [2.75, 3.05) is 6.54 Å². The second kappa shape index (κ2) is 8.88. The van der Waals surface area contributed by atoms with Crippen molar-refractivity contribution in [3.05, 3.63) is 50.2 Å². The lowest BCUT2D eigenvalue weighted by Gasteiger charge is -2.18. The summed E-state index contributed by atoms with van der Waals surface area (Å²) in [6.45, 7) is 0.535. The van der Waals surface area contributed by atoms with Crippen LogP contribution < -0.4 is 11.1 Å². The van der Waals surface area contributed by atoms with Gasteiger partial charge in [0.15, 0.2) is 5.69 Å². The van der Waals surface area contributed by atoms with E-state index < -0.39 is 4.92 Å². The number of nitrogens with two attached hydrogens (primary N) is 1. The number of benzene rings is 1. The van der Waals surface area contributed by atoms with E-state index in [1.807, 2.05) is 0 Å². The molecule has 1 aromatic carbocycles. The maximum absolute atomic E-state index is 12.4. The van der Waals surface area contributed by atoms with Crippen LogP contribution in [0.4, 0.5) is 5.69 Å². The molecule has 0 radical (unpaired) electrons. The van der Waals surface area contributed by atoms with Gasteiger partial charge >= 0.3 is 0 Å². The van der Waals surface area contributed by atoms with Crippen LogP contribution in [0.2, 0.25) is 10.0 Å². The molecule has 0 bridgehead atoms. The number of nitrogens with zero attached hydrogens (tertiary/aromatic N) is 3. The lowest BCUT2D eigenvalue weighted by atomic mass is 10.0. The summed E-state index contributed by atoms with van der Waals surface area (Å²) in [6, 6.07) is 3.96. The Bertz CT molecular complexity index is 835. The van der Waals surface area contributed by atoms with Crippen molar-refractivity contribution in [3.8, 4) is 5.69 Å². The predicted octanol–water partition coefficient (Wildman–Crippen LogP) is 3.37. The number of nitro groups is 1. The van der Waals surface area contributed by atoms with Gasteiger partial charge in [0.1, 0.15) is 5.69 Å². The minimum absolute atomic E-state index is 0. The molecule has 2 unspecified atom stereocenters. The third-order valence-electron chi connectivity index (χ3n) is 4.54. The first kappa shape index (κ1) is 21.4. The van der Waals surface area contributed by atoms with Gasteiger partial charge in [-0.05, 0) is 31.4 Å². The van der Waals surface area contributed by atoms with Gasteiger partial charge in [-0.25, -0.2) is 4.68 Å². The first-order valence-corrected chi connectivity index (χ1v) is 8.86. The van der Waals surface area contributed by atoms with E-state index in [1.165, 1.54) is 29.1 Å². The minimum atomic E-state index is -0.584. The molecule has 1 aliphatic carbocycles. The van der Waals surface area contributed by atoms with Crippen LogP contribution in [-0.2, 0) is 0 Å². The number of nitrogens with one attached hydrogen (secondary N) is 1. The predicted molar refractivity (Wildman–Crippen MR) is 105 cm³/mol. The maximum atomic E-state index is 12.4. The van der Waals surface area contributed by atoms with Crippen LogP contribution in [-0.4, -0.2) is 33.2 Å². The van der Waals surface area contributed by atoms with Gasteiger partial charge in [-0.2, -0.15) is 5.10 Å². The Kier molecular flexibility index (Phi) is 7.05. The second-order valence-corrected chi connectivity index (χ2v) is 6.98. The molecule has 2 aromatic rings. The molecule has 1 heterocycles. The van der Waals surface area contributed by atoms with Gasteiger partial charge in [-0.3, -0.25) is 14.9 Å². The van der Waals surface area contributed by atoms with Crippen molar-refractivity contribution in [3.63, 3.8) is 0 Å². The van der Waals surface area contributed by atoms with Crippen LogP contribution in [0.3, 0.4) is 0 Å². The molecular formula is C16H18Cl3N5O3. The summed E-state index contributed by atoms with van der Waals surface area (Å²) in [5.41, 5.74) is 6.00. The number of hydrogen-bond acceptors (Lipinski definition) is 5. The van der Waals surface area contributed by atoms with E-state index in [0.29, 0.717) is 6.54 Å². The normalized spacial score (nSPS) is 18.8. The Labute approximate surface area is 171 Å². The fraction of sp³-hybridized carbons (Fsp3) is 0.375. The number of carbonyl (C=O) groups is 1. The van der Waals surface area contributed by atoms with Gasteiger partial charge in [0, 0.05) is 24.4 Å². The van der Waals surface area contributed by atoms with E-state index in [-0.39, 0.29) is 57.4 Å². The number of carbonyl (C=O) groups excluding carboxylic acids is 1. The highest BCUT2D eigenvalue weighted by atomic mass is 35.5. The fourth-order valence-electron chi connectivity index (χ4n) is 3.20. The molecule has 3 rings (SSSR count). The van der Waals surface area contributed by atoms with E-state index in [0.717, 1.165) is 19.3 Å². The van der Waals surface area contributed by atoms with Crippen LogP contribution >= 0.6 is 35.6 Å². The minimum Gasteiger partial charge on any atom is -0.348 e. The molecule has 1 aliphatic rings. The first-order valence-electron chi connectivity index (χ1n) is 8.11. The van der Waals surface area contributed by atoms with Gasteiger partial charge < -0.3 is 11.1 Å². The summed E-state index contributed by atoms with van der Waals surface area (Å²) in [4.78, 5) is 22.7. The standard InChI is InChI=1S/C16H17Cl2N5O3.ClH/c17-11-6-10(23(25)26)7-12(18)15(11)22-5-4-14(21-22)16(24)20-13-3-1-2-9(13)8-19;/h4-7,9,13H,1-3,8,19H2,(H,20,24);1H. The van der Waals surface area contributed by atoms with E-state index in [1.54, 1.807) is 0 Å². The molecule has 0 spiro atoms. The Hall–Kier alpha value is -1.87. The molecule has 146 valence electrons. The molecule has 2 atom stereocenters. The third kappa shape index (κ3) is 4.52. The van der Waals surface area contributed by atoms with Crippen LogP contribution in [0.1, 0.15) is 29.8 Å². The molecule has 0 aliphatic heterocycles. The molecule has 1 fully saturated rings. The summed E-state index contributed by atoms with van der Waals surface area (Å²) in [5, 5.41) is 18.2. The number of amides is 1. The Morgan fingerprint density at radius 1 is 1.37 bits per heavy atom. The summed E-state index contributed by atoms with van der Waals surface area (Å²) in [6.07, 6.45) is 4.47. The average Bonchev–Trinajstić information content (AvgIpc) is 3.23. The van der Waals surface area contributed by atoms with Gasteiger partial charge in [0.2, 0.25) is 0 Å². The summed E-state index contributed by atoms with van der Waals surface area (Å²) in [7, 11) is 0. The van der Waals surface area contributed by atoms with Crippen molar-refractivity contribution >= 4 is 47.2 Å². The quantitative estimate of drug-likeness (QED) is 0.553. The summed E-state index contributed by atoms with van der Waals surface area (Å²) < 4.78 is 1.33.